The van der Waals surface area contributed by atoms with Gasteiger partial charge in [0.25, 0.3) is 0 Å². The van der Waals surface area contributed by atoms with E-state index in [0.717, 1.165) is 122 Å². The van der Waals surface area contributed by atoms with Crippen LogP contribution in [0.4, 0.5) is 0 Å². The van der Waals surface area contributed by atoms with E-state index in [0.29, 0.717) is 19.3 Å². The largest absolute Gasteiger partial charge is 0.472 e. The van der Waals surface area contributed by atoms with Gasteiger partial charge in [0.15, 0.2) is 6.10 Å². The summed E-state index contributed by atoms with van der Waals surface area (Å²) in [5.74, 6) is -1.53. The molecule has 0 bridgehead atoms. The van der Waals surface area contributed by atoms with Gasteiger partial charge in [0.2, 0.25) is 0 Å². The van der Waals surface area contributed by atoms with Crippen LogP contribution < -0.4 is 0 Å². The normalized spacial score (nSPS) is 14.1. The van der Waals surface area contributed by atoms with Crippen molar-refractivity contribution in [2.24, 2.45) is 0 Å². The molecule has 0 saturated carbocycles. The number of carbonyl (C=O) groups excluding carboxylic acids is 3. The second-order valence-corrected chi connectivity index (χ2v) is 18.8. The number of allylic oxidation sites excluding steroid dienone is 14. The third kappa shape index (κ3) is 47.7. The van der Waals surface area contributed by atoms with Crippen LogP contribution >= 0.6 is 7.82 Å². The first-order valence-electron chi connectivity index (χ1n) is 26.5. The van der Waals surface area contributed by atoms with Crippen LogP contribution in [0.2, 0.25) is 0 Å². The summed E-state index contributed by atoms with van der Waals surface area (Å²) in [7, 11) is -4.75. The third-order valence-electron chi connectivity index (χ3n) is 10.8. The molecule has 0 saturated heterocycles. The molecule has 0 aliphatic rings. The van der Waals surface area contributed by atoms with Crippen molar-refractivity contribution in [2.45, 2.75) is 226 Å². The minimum Gasteiger partial charge on any atom is -0.462 e. The van der Waals surface area contributed by atoms with Crippen LogP contribution in [0.5, 0.6) is 0 Å². The number of esters is 3. The molecule has 12 heteroatoms. The number of carbonyl (C=O) groups is 3. The molecule has 68 heavy (non-hydrogen) atoms. The summed E-state index contributed by atoms with van der Waals surface area (Å²) in [6.45, 7) is 4.37. The standard InChI is InChI=1S/C56H95O11P/c1-4-7-10-13-16-19-21-23-24-25-26-27-28-30-31-34-36-39-42-45-54(58)63-49-53(67-56(60)47-44-41-38-35-32-29-22-20-17-14-11-8-5-2)51-65-68(61,62)64-50-52(48-57)66-55(59)46-43-40-37-33-18-15-12-9-6-3/h7,10-11,14,16,19-20,22-24,26-27,30-31,52-53,57H,4-6,8-9,12-13,15,17-18,21,25,28-29,32-51H2,1-3H3,(H,61,62)/b10-7-,14-11-,19-16-,22-20-,24-23-,27-26-,31-30-. The number of aliphatic hydroxyl groups excluding tert-OH is 1. The van der Waals surface area contributed by atoms with Gasteiger partial charge in [0, 0.05) is 19.3 Å². The van der Waals surface area contributed by atoms with Crippen LogP contribution in [0.3, 0.4) is 0 Å². The second-order valence-electron chi connectivity index (χ2n) is 17.3. The zero-order valence-corrected chi connectivity index (χ0v) is 43.7. The maximum atomic E-state index is 12.8. The Morgan fingerprint density at radius 3 is 1.25 bits per heavy atom. The van der Waals surface area contributed by atoms with Gasteiger partial charge in [0.05, 0.1) is 19.8 Å². The Labute approximate surface area is 413 Å². The Bertz CT molecular complexity index is 1460. The minimum absolute atomic E-state index is 0.141. The second kappa shape index (κ2) is 50.1. The van der Waals surface area contributed by atoms with E-state index < -0.39 is 57.8 Å². The first kappa shape index (κ1) is 64.7. The Hall–Kier alpha value is -3.34. The first-order chi connectivity index (χ1) is 33.2. The highest BCUT2D eigenvalue weighted by molar-refractivity contribution is 7.47. The highest BCUT2D eigenvalue weighted by atomic mass is 31.2. The highest BCUT2D eigenvalue weighted by Gasteiger charge is 2.28. The van der Waals surface area contributed by atoms with Crippen LogP contribution in [0.1, 0.15) is 213 Å². The summed E-state index contributed by atoms with van der Waals surface area (Å²) in [6, 6.07) is 0. The molecule has 11 nitrogen and oxygen atoms in total. The zero-order valence-electron chi connectivity index (χ0n) is 42.8. The Morgan fingerprint density at radius 1 is 0.426 bits per heavy atom. The van der Waals surface area contributed by atoms with Gasteiger partial charge in [-0.3, -0.25) is 23.4 Å². The summed E-state index contributed by atoms with van der Waals surface area (Å²) in [5, 5.41) is 9.75. The average molecular weight is 975 g/mol. The van der Waals surface area contributed by atoms with Gasteiger partial charge in [-0.05, 0) is 89.9 Å². The lowest BCUT2D eigenvalue weighted by molar-refractivity contribution is -0.161. The van der Waals surface area contributed by atoms with Crippen molar-refractivity contribution >= 4 is 25.7 Å². The summed E-state index contributed by atoms with van der Waals surface area (Å²) in [5.41, 5.74) is 0. The van der Waals surface area contributed by atoms with Crippen molar-refractivity contribution in [1.29, 1.82) is 0 Å². The third-order valence-corrected chi connectivity index (χ3v) is 11.7. The van der Waals surface area contributed by atoms with Gasteiger partial charge in [-0.2, -0.15) is 0 Å². The Morgan fingerprint density at radius 2 is 0.794 bits per heavy atom. The van der Waals surface area contributed by atoms with Crippen LogP contribution in [-0.2, 0) is 42.2 Å². The van der Waals surface area contributed by atoms with Gasteiger partial charge < -0.3 is 24.2 Å². The zero-order chi connectivity index (χ0) is 49.9. The topological polar surface area (TPSA) is 155 Å². The van der Waals surface area contributed by atoms with Crippen molar-refractivity contribution in [2.75, 3.05) is 26.4 Å². The van der Waals surface area contributed by atoms with Crippen molar-refractivity contribution in [1.82, 2.24) is 0 Å². The maximum absolute atomic E-state index is 12.8. The molecule has 0 aromatic carbocycles. The molecule has 0 aliphatic heterocycles. The summed E-state index contributed by atoms with van der Waals surface area (Å²) in [4.78, 5) is 48.3. The molecule has 0 radical (unpaired) electrons. The number of phosphoric acid groups is 1. The number of phosphoric ester groups is 1. The molecule has 0 heterocycles. The van der Waals surface area contributed by atoms with Crippen LogP contribution in [0, 0.1) is 0 Å². The minimum atomic E-state index is -4.75. The molecular weight excluding hydrogens is 880 g/mol. The van der Waals surface area contributed by atoms with Crippen LogP contribution in [0.15, 0.2) is 85.1 Å². The van der Waals surface area contributed by atoms with Crippen molar-refractivity contribution in [3.05, 3.63) is 85.1 Å². The predicted octanol–water partition coefficient (Wildman–Crippen LogP) is 15.1. The fourth-order valence-corrected chi connectivity index (χ4v) is 7.56. The SMILES string of the molecule is CC/C=C\C/C=C\C/C=C\C/C=C\C/C=C\CCCCCC(=O)OCC(COP(=O)(O)OCC(CO)OC(=O)CCCCCCCCCCC)OC(=O)CCCCCCC/C=C\C/C=C\CCC. The fourth-order valence-electron chi connectivity index (χ4n) is 6.77. The molecule has 0 fully saturated rings. The molecule has 2 N–H and O–H groups in total. The summed E-state index contributed by atoms with van der Waals surface area (Å²) in [6.07, 6.45) is 55.6. The monoisotopic (exact) mass is 975 g/mol. The van der Waals surface area contributed by atoms with Crippen molar-refractivity contribution in [3.8, 4) is 0 Å². The van der Waals surface area contributed by atoms with Crippen LogP contribution in [-0.4, -0.2) is 66.5 Å². The molecule has 0 amide bonds. The molecule has 0 spiro atoms. The van der Waals surface area contributed by atoms with Gasteiger partial charge in [-0.1, -0.05) is 189 Å². The van der Waals surface area contributed by atoms with Gasteiger partial charge in [0.1, 0.15) is 12.7 Å². The number of ether oxygens (including phenoxy) is 3. The quantitative estimate of drug-likeness (QED) is 0.0197. The van der Waals surface area contributed by atoms with Crippen molar-refractivity contribution < 1.29 is 52.2 Å². The van der Waals surface area contributed by atoms with E-state index in [1.165, 1.54) is 32.1 Å². The van der Waals surface area contributed by atoms with Gasteiger partial charge >= 0.3 is 25.7 Å². The van der Waals surface area contributed by atoms with Gasteiger partial charge in [-0.15, -0.1) is 0 Å². The lowest BCUT2D eigenvalue weighted by atomic mass is 10.1. The van der Waals surface area contributed by atoms with E-state index >= 15 is 0 Å². The molecule has 0 aliphatic carbocycles. The van der Waals surface area contributed by atoms with E-state index in [1.807, 2.05) is 0 Å². The van der Waals surface area contributed by atoms with E-state index in [2.05, 4.69) is 106 Å². The lowest BCUT2D eigenvalue weighted by Gasteiger charge is -2.21. The highest BCUT2D eigenvalue weighted by Crippen LogP contribution is 2.43. The number of hydrogen-bond acceptors (Lipinski definition) is 10. The number of aliphatic hydroxyl groups is 1. The molecular formula is C56H95O11P. The Kier molecular flexibility index (Phi) is 47.6. The lowest BCUT2D eigenvalue weighted by Crippen LogP contribution is -2.30. The molecule has 0 aromatic heterocycles. The molecule has 3 unspecified atom stereocenters. The first-order valence-corrected chi connectivity index (χ1v) is 28.0. The van der Waals surface area contributed by atoms with E-state index in [1.54, 1.807) is 0 Å². The van der Waals surface area contributed by atoms with Gasteiger partial charge in [-0.25, -0.2) is 4.57 Å². The number of unbranched alkanes of at least 4 members (excludes halogenated alkanes) is 17. The number of hydrogen-bond donors (Lipinski definition) is 2. The van der Waals surface area contributed by atoms with E-state index in [-0.39, 0.29) is 25.9 Å². The van der Waals surface area contributed by atoms with Crippen LogP contribution in [0.25, 0.3) is 0 Å². The summed E-state index contributed by atoms with van der Waals surface area (Å²) >= 11 is 0. The fraction of sp³-hybridized carbons (Fsp3) is 0.696. The van der Waals surface area contributed by atoms with E-state index in [4.69, 9.17) is 23.3 Å². The predicted molar refractivity (Wildman–Crippen MR) is 279 cm³/mol. The summed E-state index contributed by atoms with van der Waals surface area (Å²) < 4.78 is 39.3. The number of rotatable bonds is 48. The smallest absolute Gasteiger partial charge is 0.462 e. The molecule has 3 atom stereocenters. The molecule has 0 rings (SSSR count). The van der Waals surface area contributed by atoms with Crippen molar-refractivity contribution in [3.63, 3.8) is 0 Å². The molecule has 0 aromatic rings. The maximum Gasteiger partial charge on any atom is 0.472 e. The average Bonchev–Trinajstić information content (AvgIpc) is 3.32. The Balaban J connectivity index is 4.80. The van der Waals surface area contributed by atoms with E-state index in [9.17, 15) is 28.9 Å². The molecule has 390 valence electrons.